The van der Waals surface area contributed by atoms with Gasteiger partial charge >= 0.3 is 0 Å². The number of anilines is 1. The average Bonchev–Trinajstić information content (AvgIpc) is 3.02. The summed E-state index contributed by atoms with van der Waals surface area (Å²) in [4.78, 5) is 12.4. The topological polar surface area (TPSA) is 68.0 Å². The highest BCUT2D eigenvalue weighted by atomic mass is 32.2. The molecule has 1 amide bonds. The van der Waals surface area contributed by atoms with Gasteiger partial charge in [0.05, 0.1) is 5.25 Å². The van der Waals surface area contributed by atoms with Crippen molar-refractivity contribution in [2.45, 2.75) is 23.3 Å². The molecule has 1 atom stereocenters. The Balaban J connectivity index is 1.50. The summed E-state index contributed by atoms with van der Waals surface area (Å²) in [5.41, 5.74) is 2.92. The highest BCUT2D eigenvalue weighted by Gasteiger charge is 2.26. The number of rotatable bonds is 3. The Labute approximate surface area is 143 Å². The molecule has 0 fully saturated rings. The van der Waals surface area contributed by atoms with E-state index >= 15 is 0 Å². The van der Waals surface area contributed by atoms with Gasteiger partial charge in [-0.3, -0.25) is 4.79 Å². The Morgan fingerprint density at radius 1 is 1.04 bits per heavy atom. The minimum absolute atomic E-state index is 0.0237. The number of nitrogens with one attached hydrogen (secondary N) is 1. The Bertz CT molecular complexity index is 863. The molecule has 1 N–H and O–H groups in total. The maximum atomic E-state index is 12.4. The molecule has 1 aromatic heterocycles. The second-order valence-electron chi connectivity index (χ2n) is 5.53. The van der Waals surface area contributed by atoms with Gasteiger partial charge in [-0.05, 0) is 36.6 Å². The van der Waals surface area contributed by atoms with Crippen LogP contribution in [0.4, 0.5) is 5.69 Å². The monoisotopic (exact) mass is 337 g/mol. The molecule has 0 saturated heterocycles. The molecular weight excluding hydrogens is 322 g/mol. The number of thioether (sulfide) groups is 1. The summed E-state index contributed by atoms with van der Waals surface area (Å²) in [6, 6.07) is 17.5. The maximum Gasteiger partial charge on any atom is 0.277 e. The van der Waals surface area contributed by atoms with Crippen molar-refractivity contribution < 1.29 is 9.21 Å². The number of hydrogen-bond acceptors (Lipinski definition) is 5. The Morgan fingerprint density at radius 2 is 1.83 bits per heavy atom. The lowest BCUT2D eigenvalue weighted by Gasteiger charge is -2.09. The molecule has 24 heavy (non-hydrogen) atoms. The Morgan fingerprint density at radius 3 is 2.71 bits per heavy atom. The van der Waals surface area contributed by atoms with Crippen LogP contribution in [0.15, 0.2) is 64.2 Å². The molecule has 6 heteroatoms. The third-order valence-corrected chi connectivity index (χ3v) is 5.01. The van der Waals surface area contributed by atoms with Gasteiger partial charge in [-0.1, -0.05) is 48.2 Å². The van der Waals surface area contributed by atoms with E-state index in [0.29, 0.717) is 11.1 Å². The van der Waals surface area contributed by atoms with Gasteiger partial charge in [0.1, 0.15) is 0 Å². The first-order chi connectivity index (χ1) is 11.8. The number of carbonyl (C=O) groups is 1. The molecule has 0 bridgehead atoms. The lowest BCUT2D eigenvalue weighted by Crippen LogP contribution is -2.23. The van der Waals surface area contributed by atoms with Gasteiger partial charge in [-0.25, -0.2) is 0 Å². The number of aryl methyl sites for hydroxylation is 1. The van der Waals surface area contributed by atoms with Crippen LogP contribution >= 0.6 is 11.8 Å². The summed E-state index contributed by atoms with van der Waals surface area (Å²) in [6.45, 7) is 0. The molecule has 1 aliphatic heterocycles. The Kier molecular flexibility index (Phi) is 4.04. The predicted molar refractivity (Wildman–Crippen MR) is 92.8 cm³/mol. The van der Waals surface area contributed by atoms with Crippen molar-refractivity contribution >= 4 is 23.4 Å². The summed E-state index contributed by atoms with van der Waals surface area (Å²) < 4.78 is 5.70. The van der Waals surface area contributed by atoms with E-state index in [0.717, 1.165) is 29.7 Å². The molecule has 0 unspecified atom stereocenters. The first-order valence-electron chi connectivity index (χ1n) is 7.74. The number of para-hydroxylation sites is 1. The molecule has 0 saturated carbocycles. The van der Waals surface area contributed by atoms with Gasteiger partial charge < -0.3 is 9.73 Å². The molecule has 120 valence electrons. The van der Waals surface area contributed by atoms with E-state index in [1.165, 1.54) is 11.8 Å². The summed E-state index contributed by atoms with van der Waals surface area (Å²) in [6.07, 6.45) is 1.57. The van der Waals surface area contributed by atoms with Crippen molar-refractivity contribution in [1.29, 1.82) is 0 Å². The van der Waals surface area contributed by atoms with Gasteiger partial charge in [-0.15, -0.1) is 10.2 Å². The van der Waals surface area contributed by atoms with Crippen LogP contribution in [-0.4, -0.2) is 21.4 Å². The number of amides is 1. The Hall–Kier alpha value is -2.60. The standard InChI is InChI=1S/C18H15N3O2S/c22-16-15(11-10-12-6-4-5-9-14(12)19-16)24-18-21-20-17(23-18)13-7-2-1-3-8-13/h1-9,15H,10-11H2,(H,19,22)/t15-/m1/s1. The van der Waals surface area contributed by atoms with Gasteiger partial charge in [0.15, 0.2) is 0 Å². The molecule has 0 radical (unpaired) electrons. The van der Waals surface area contributed by atoms with Crippen LogP contribution in [0.25, 0.3) is 11.5 Å². The second-order valence-corrected chi connectivity index (χ2v) is 6.68. The zero-order valence-corrected chi connectivity index (χ0v) is 13.6. The smallest absolute Gasteiger partial charge is 0.277 e. The third kappa shape index (κ3) is 3.05. The van der Waals surface area contributed by atoms with E-state index in [4.69, 9.17) is 4.42 Å². The zero-order valence-electron chi connectivity index (χ0n) is 12.8. The number of nitrogens with zero attached hydrogens (tertiary/aromatic N) is 2. The van der Waals surface area contributed by atoms with Crippen molar-refractivity contribution in [3.8, 4) is 11.5 Å². The van der Waals surface area contributed by atoms with Crippen LogP contribution in [0, 0.1) is 0 Å². The average molecular weight is 337 g/mol. The van der Waals surface area contributed by atoms with Crippen LogP contribution in [0.1, 0.15) is 12.0 Å². The largest absolute Gasteiger partial charge is 0.411 e. The summed E-state index contributed by atoms with van der Waals surface area (Å²) in [5, 5.41) is 11.3. The number of carbonyl (C=O) groups excluding carboxylic acids is 1. The van der Waals surface area contributed by atoms with E-state index in [2.05, 4.69) is 15.5 Å². The number of hydrogen-bond donors (Lipinski definition) is 1. The minimum Gasteiger partial charge on any atom is -0.411 e. The predicted octanol–water partition coefficient (Wildman–Crippen LogP) is 3.78. The fraction of sp³-hybridized carbons (Fsp3) is 0.167. The lowest BCUT2D eigenvalue weighted by atomic mass is 10.1. The maximum absolute atomic E-state index is 12.4. The van der Waals surface area contributed by atoms with E-state index in [9.17, 15) is 4.79 Å². The van der Waals surface area contributed by atoms with Gasteiger partial charge in [0, 0.05) is 11.3 Å². The van der Waals surface area contributed by atoms with Crippen molar-refractivity contribution in [3.05, 3.63) is 60.2 Å². The number of fused-ring (bicyclic) bond motifs is 1. The molecular formula is C18H15N3O2S. The normalized spacial score (nSPS) is 17.0. The summed E-state index contributed by atoms with van der Waals surface area (Å²) >= 11 is 1.32. The fourth-order valence-corrected chi connectivity index (χ4v) is 3.54. The van der Waals surface area contributed by atoms with E-state index in [1.54, 1.807) is 0 Å². The first-order valence-corrected chi connectivity index (χ1v) is 8.62. The zero-order chi connectivity index (χ0) is 16.4. The summed E-state index contributed by atoms with van der Waals surface area (Å²) in [7, 11) is 0. The van der Waals surface area contributed by atoms with Crippen molar-refractivity contribution in [1.82, 2.24) is 10.2 Å². The fourth-order valence-electron chi connectivity index (χ4n) is 2.68. The van der Waals surface area contributed by atoms with Crippen LogP contribution in [0.2, 0.25) is 0 Å². The van der Waals surface area contributed by atoms with E-state index in [-0.39, 0.29) is 11.2 Å². The SMILES string of the molecule is O=C1Nc2ccccc2CC[C@H]1Sc1nnc(-c2ccccc2)o1. The van der Waals surface area contributed by atoms with Crippen LogP contribution in [0.3, 0.4) is 0 Å². The number of benzene rings is 2. The molecule has 5 nitrogen and oxygen atoms in total. The van der Waals surface area contributed by atoms with Crippen molar-refractivity contribution in [2.75, 3.05) is 5.32 Å². The van der Waals surface area contributed by atoms with E-state index < -0.39 is 0 Å². The van der Waals surface area contributed by atoms with Crippen LogP contribution in [0.5, 0.6) is 0 Å². The molecule has 2 aromatic carbocycles. The minimum atomic E-state index is -0.249. The van der Waals surface area contributed by atoms with Crippen LogP contribution in [-0.2, 0) is 11.2 Å². The van der Waals surface area contributed by atoms with Gasteiger partial charge in [0.25, 0.3) is 5.22 Å². The number of aromatic nitrogens is 2. The molecule has 4 rings (SSSR count). The molecule has 1 aliphatic rings. The van der Waals surface area contributed by atoms with E-state index in [1.807, 2.05) is 54.6 Å². The van der Waals surface area contributed by atoms with Gasteiger partial charge in [0.2, 0.25) is 11.8 Å². The molecule has 3 aromatic rings. The lowest BCUT2D eigenvalue weighted by molar-refractivity contribution is -0.115. The van der Waals surface area contributed by atoms with Gasteiger partial charge in [-0.2, -0.15) is 0 Å². The highest BCUT2D eigenvalue weighted by molar-refractivity contribution is 8.00. The molecule has 0 aliphatic carbocycles. The second kappa shape index (κ2) is 6.49. The first kappa shape index (κ1) is 15.0. The van der Waals surface area contributed by atoms with Crippen LogP contribution < -0.4 is 5.32 Å². The molecule has 2 heterocycles. The highest BCUT2D eigenvalue weighted by Crippen LogP contribution is 2.32. The summed E-state index contributed by atoms with van der Waals surface area (Å²) in [5.74, 6) is 0.444. The van der Waals surface area contributed by atoms with Crippen molar-refractivity contribution in [3.63, 3.8) is 0 Å². The molecule has 0 spiro atoms. The third-order valence-electron chi connectivity index (χ3n) is 3.91. The van der Waals surface area contributed by atoms with Crippen molar-refractivity contribution in [2.24, 2.45) is 0 Å². The quantitative estimate of drug-likeness (QED) is 0.788.